The summed E-state index contributed by atoms with van der Waals surface area (Å²) in [4.78, 5) is 0. The minimum atomic E-state index is 0.642. The fourth-order valence-electron chi connectivity index (χ4n) is 1.88. The maximum absolute atomic E-state index is 5.49. The molecule has 0 aromatic rings. The Morgan fingerprint density at radius 3 is 0.944 bits per heavy atom. The molecule has 0 N–H and O–H groups in total. The third-order valence-electron chi connectivity index (χ3n) is 2.94. The molecule has 0 amide bonds. The first-order valence-electron chi connectivity index (χ1n) is 7.31. The van der Waals surface area contributed by atoms with Crippen LogP contribution in [-0.4, -0.2) is 52.9 Å². The van der Waals surface area contributed by atoms with Gasteiger partial charge in [0.25, 0.3) is 0 Å². The molecular weight excluding hydrogens is 232 g/mol. The van der Waals surface area contributed by atoms with Crippen molar-refractivity contribution in [2.45, 2.75) is 38.5 Å². The number of hydrogen-bond donors (Lipinski definition) is 0. The molecule has 0 aromatic heterocycles. The van der Waals surface area contributed by atoms with Crippen LogP contribution < -0.4 is 0 Å². The topological polar surface area (TPSA) is 36.9 Å². The summed E-state index contributed by atoms with van der Waals surface area (Å²) in [5, 5.41) is 0. The molecule has 4 heteroatoms. The van der Waals surface area contributed by atoms with Gasteiger partial charge in [-0.2, -0.15) is 0 Å². The van der Waals surface area contributed by atoms with Crippen molar-refractivity contribution in [3.05, 3.63) is 0 Å². The van der Waals surface area contributed by atoms with Crippen LogP contribution in [0.3, 0.4) is 0 Å². The Morgan fingerprint density at radius 2 is 0.556 bits per heavy atom. The van der Waals surface area contributed by atoms with Crippen molar-refractivity contribution in [2.75, 3.05) is 52.9 Å². The Balaban J connectivity index is 2.00. The highest BCUT2D eigenvalue weighted by Crippen LogP contribution is 2.05. The van der Waals surface area contributed by atoms with Gasteiger partial charge in [-0.05, 0) is 12.8 Å². The molecule has 108 valence electrons. The lowest BCUT2D eigenvalue weighted by molar-refractivity contribution is -0.00291. The molecule has 18 heavy (non-hydrogen) atoms. The highest BCUT2D eigenvalue weighted by molar-refractivity contribution is 4.46. The molecule has 1 heterocycles. The maximum atomic E-state index is 5.49. The molecule has 4 nitrogen and oxygen atoms in total. The van der Waals surface area contributed by atoms with Crippen molar-refractivity contribution < 1.29 is 18.9 Å². The van der Waals surface area contributed by atoms with E-state index >= 15 is 0 Å². The van der Waals surface area contributed by atoms with Crippen molar-refractivity contribution in [1.29, 1.82) is 0 Å². The predicted molar refractivity (Wildman–Crippen MR) is 71.0 cm³/mol. The molecule has 1 rings (SSSR count). The lowest BCUT2D eigenvalue weighted by Crippen LogP contribution is -2.12. The molecule has 0 bridgehead atoms. The molecule has 0 radical (unpaired) electrons. The Morgan fingerprint density at radius 1 is 0.278 bits per heavy atom. The Kier molecular flexibility index (Phi) is 11.7. The molecule has 0 atom stereocenters. The highest BCUT2D eigenvalue weighted by Gasteiger charge is 1.95. The number of rotatable bonds is 0. The predicted octanol–water partition coefficient (Wildman–Crippen LogP) is 2.41. The molecule has 1 aliphatic rings. The van der Waals surface area contributed by atoms with Gasteiger partial charge in [0.1, 0.15) is 0 Å². The van der Waals surface area contributed by atoms with Gasteiger partial charge in [0.15, 0.2) is 0 Å². The summed E-state index contributed by atoms with van der Waals surface area (Å²) < 4.78 is 21.8. The van der Waals surface area contributed by atoms with E-state index in [9.17, 15) is 0 Å². The van der Waals surface area contributed by atoms with Crippen LogP contribution in [0.15, 0.2) is 0 Å². The summed E-state index contributed by atoms with van der Waals surface area (Å²) >= 11 is 0. The highest BCUT2D eigenvalue weighted by atomic mass is 16.6. The van der Waals surface area contributed by atoms with Gasteiger partial charge in [0.05, 0.1) is 39.6 Å². The minimum absolute atomic E-state index is 0.642. The van der Waals surface area contributed by atoms with E-state index in [2.05, 4.69) is 0 Å². The van der Waals surface area contributed by atoms with Gasteiger partial charge in [-0.3, -0.25) is 0 Å². The van der Waals surface area contributed by atoms with Crippen LogP contribution in [0.4, 0.5) is 0 Å². The molecule has 0 saturated carbocycles. The zero-order valence-corrected chi connectivity index (χ0v) is 11.5. The molecule has 1 fully saturated rings. The maximum Gasteiger partial charge on any atom is 0.0701 e. The van der Waals surface area contributed by atoms with Crippen molar-refractivity contribution in [2.24, 2.45) is 0 Å². The second-order valence-corrected chi connectivity index (χ2v) is 4.57. The third kappa shape index (κ3) is 11.0. The van der Waals surface area contributed by atoms with Crippen molar-refractivity contribution in [3.63, 3.8) is 0 Å². The lowest BCUT2D eigenvalue weighted by Gasteiger charge is -2.08. The summed E-state index contributed by atoms with van der Waals surface area (Å²) in [6.07, 6.45) is 7.50. The summed E-state index contributed by atoms with van der Waals surface area (Å²) in [5.74, 6) is 0. The van der Waals surface area contributed by atoms with Crippen LogP contribution in [-0.2, 0) is 18.9 Å². The number of hydrogen-bond acceptors (Lipinski definition) is 4. The summed E-state index contributed by atoms with van der Waals surface area (Å²) in [6.45, 7) is 5.74. The van der Waals surface area contributed by atoms with Crippen LogP contribution >= 0.6 is 0 Å². The average Bonchev–Trinajstić information content (AvgIpc) is 2.39. The first-order chi connectivity index (χ1) is 9.00. The smallest absolute Gasteiger partial charge is 0.0701 e. The standard InChI is InChI=1S/C14H28O4/c1-2-4-6-8-16-10-12-18-14-13-17-11-9-15-7-5-3-1/h1-14H2. The fourth-order valence-corrected chi connectivity index (χ4v) is 1.88. The van der Waals surface area contributed by atoms with E-state index in [0.29, 0.717) is 39.6 Å². The summed E-state index contributed by atoms with van der Waals surface area (Å²) in [6, 6.07) is 0. The van der Waals surface area contributed by atoms with Gasteiger partial charge in [0, 0.05) is 13.2 Å². The summed E-state index contributed by atoms with van der Waals surface area (Å²) in [5.41, 5.74) is 0. The zero-order valence-electron chi connectivity index (χ0n) is 11.5. The van der Waals surface area contributed by atoms with Crippen LogP contribution in [0.2, 0.25) is 0 Å². The molecule has 0 aliphatic carbocycles. The Labute approximate surface area is 111 Å². The first-order valence-corrected chi connectivity index (χ1v) is 7.31. The second-order valence-electron chi connectivity index (χ2n) is 4.57. The van der Waals surface area contributed by atoms with Crippen LogP contribution in [0.25, 0.3) is 0 Å². The van der Waals surface area contributed by atoms with Crippen LogP contribution in [0.5, 0.6) is 0 Å². The minimum Gasteiger partial charge on any atom is -0.379 e. The molecule has 1 saturated heterocycles. The zero-order chi connectivity index (χ0) is 12.7. The molecular formula is C14H28O4. The van der Waals surface area contributed by atoms with E-state index in [1.54, 1.807) is 0 Å². The lowest BCUT2D eigenvalue weighted by atomic mass is 10.1. The van der Waals surface area contributed by atoms with E-state index in [1.165, 1.54) is 38.5 Å². The SMILES string of the molecule is C1CCCCOCCOCCOCCOCCC1. The van der Waals surface area contributed by atoms with Crippen molar-refractivity contribution in [1.82, 2.24) is 0 Å². The number of ether oxygens (including phenoxy) is 4. The van der Waals surface area contributed by atoms with Crippen molar-refractivity contribution in [3.8, 4) is 0 Å². The van der Waals surface area contributed by atoms with E-state index in [0.717, 1.165) is 13.2 Å². The van der Waals surface area contributed by atoms with E-state index in [1.807, 2.05) is 0 Å². The van der Waals surface area contributed by atoms with Gasteiger partial charge in [-0.15, -0.1) is 0 Å². The Bertz CT molecular complexity index is 88.8. The first kappa shape index (κ1) is 15.9. The van der Waals surface area contributed by atoms with Gasteiger partial charge in [0.2, 0.25) is 0 Å². The van der Waals surface area contributed by atoms with Crippen LogP contribution in [0.1, 0.15) is 38.5 Å². The van der Waals surface area contributed by atoms with Crippen molar-refractivity contribution >= 4 is 0 Å². The van der Waals surface area contributed by atoms with E-state index in [4.69, 9.17) is 18.9 Å². The average molecular weight is 260 g/mol. The second kappa shape index (κ2) is 13.3. The summed E-state index contributed by atoms with van der Waals surface area (Å²) in [7, 11) is 0. The van der Waals surface area contributed by atoms with Gasteiger partial charge < -0.3 is 18.9 Å². The molecule has 0 unspecified atom stereocenters. The van der Waals surface area contributed by atoms with Gasteiger partial charge in [-0.25, -0.2) is 0 Å². The quantitative estimate of drug-likeness (QED) is 0.670. The fraction of sp³-hybridized carbons (Fsp3) is 1.00. The van der Waals surface area contributed by atoms with Gasteiger partial charge in [-0.1, -0.05) is 25.7 Å². The largest absolute Gasteiger partial charge is 0.379 e. The molecule has 0 aromatic carbocycles. The van der Waals surface area contributed by atoms with Gasteiger partial charge >= 0.3 is 0 Å². The van der Waals surface area contributed by atoms with Crippen LogP contribution in [0, 0.1) is 0 Å². The molecule has 1 aliphatic heterocycles. The normalized spacial score (nSPS) is 24.0. The Hall–Kier alpha value is -0.160. The monoisotopic (exact) mass is 260 g/mol. The van der Waals surface area contributed by atoms with E-state index < -0.39 is 0 Å². The van der Waals surface area contributed by atoms with E-state index in [-0.39, 0.29) is 0 Å². The third-order valence-corrected chi connectivity index (χ3v) is 2.94. The molecule has 0 spiro atoms.